The molecule has 0 bridgehead atoms. The highest BCUT2D eigenvalue weighted by Crippen LogP contribution is 2.39. The summed E-state index contributed by atoms with van der Waals surface area (Å²) in [5.74, 6) is 0.558. The summed E-state index contributed by atoms with van der Waals surface area (Å²) >= 11 is 0. The summed E-state index contributed by atoms with van der Waals surface area (Å²) in [5, 5.41) is 0. The standard InChI is InChI=1S/C8H18N2/c1-6-4-5-7(2,9)8(6,3)10/h6H,4-5,9-10H2,1-3H3. The zero-order chi connectivity index (χ0) is 7.99. The first-order valence-corrected chi connectivity index (χ1v) is 3.96. The summed E-state index contributed by atoms with van der Waals surface area (Å²) < 4.78 is 0. The third kappa shape index (κ3) is 0.867. The van der Waals surface area contributed by atoms with Gasteiger partial charge in [0.2, 0.25) is 0 Å². The van der Waals surface area contributed by atoms with Crippen molar-refractivity contribution in [3.05, 3.63) is 0 Å². The van der Waals surface area contributed by atoms with Crippen molar-refractivity contribution in [3.63, 3.8) is 0 Å². The van der Waals surface area contributed by atoms with Crippen LogP contribution in [0.15, 0.2) is 0 Å². The van der Waals surface area contributed by atoms with Crippen LogP contribution >= 0.6 is 0 Å². The molecule has 4 N–H and O–H groups in total. The van der Waals surface area contributed by atoms with E-state index in [1.807, 2.05) is 0 Å². The highest BCUT2D eigenvalue weighted by atomic mass is 14.9. The van der Waals surface area contributed by atoms with E-state index < -0.39 is 0 Å². The zero-order valence-electron chi connectivity index (χ0n) is 7.15. The van der Waals surface area contributed by atoms with E-state index in [1.165, 1.54) is 6.42 Å². The van der Waals surface area contributed by atoms with E-state index in [-0.39, 0.29) is 11.1 Å². The SMILES string of the molecule is CC1CCC(C)(N)C1(C)N. The van der Waals surface area contributed by atoms with E-state index in [4.69, 9.17) is 11.5 Å². The van der Waals surface area contributed by atoms with E-state index >= 15 is 0 Å². The lowest BCUT2D eigenvalue weighted by Crippen LogP contribution is -2.61. The molecule has 0 aromatic heterocycles. The molecule has 60 valence electrons. The molecule has 0 saturated heterocycles. The second kappa shape index (κ2) is 1.95. The highest BCUT2D eigenvalue weighted by Gasteiger charge is 2.47. The van der Waals surface area contributed by atoms with E-state index in [2.05, 4.69) is 20.8 Å². The Labute approximate surface area is 63.0 Å². The van der Waals surface area contributed by atoms with Gasteiger partial charge in [-0.1, -0.05) is 6.92 Å². The van der Waals surface area contributed by atoms with E-state index in [0.29, 0.717) is 5.92 Å². The molecule has 0 spiro atoms. The molecule has 0 amide bonds. The van der Waals surface area contributed by atoms with Crippen LogP contribution in [0.25, 0.3) is 0 Å². The van der Waals surface area contributed by atoms with Crippen LogP contribution in [0.2, 0.25) is 0 Å². The minimum Gasteiger partial charge on any atom is -0.324 e. The summed E-state index contributed by atoms with van der Waals surface area (Å²) in [4.78, 5) is 0. The van der Waals surface area contributed by atoms with Gasteiger partial charge in [0.15, 0.2) is 0 Å². The Morgan fingerprint density at radius 2 is 1.80 bits per heavy atom. The minimum atomic E-state index is -0.174. The maximum atomic E-state index is 6.07. The average Bonchev–Trinajstić information content (AvgIpc) is 1.94. The van der Waals surface area contributed by atoms with Gasteiger partial charge in [-0.05, 0) is 32.6 Å². The lowest BCUT2D eigenvalue weighted by Gasteiger charge is -2.37. The molecule has 0 heterocycles. The predicted octanol–water partition coefficient (Wildman–Crippen LogP) is 0.851. The van der Waals surface area contributed by atoms with Gasteiger partial charge in [-0.15, -0.1) is 0 Å². The molecular weight excluding hydrogens is 124 g/mol. The molecule has 0 aromatic rings. The molecule has 2 heteroatoms. The fourth-order valence-corrected chi connectivity index (χ4v) is 1.65. The lowest BCUT2D eigenvalue weighted by atomic mass is 9.80. The minimum absolute atomic E-state index is 0.160. The second-order valence-corrected chi connectivity index (χ2v) is 4.14. The largest absolute Gasteiger partial charge is 0.324 e. The van der Waals surface area contributed by atoms with Gasteiger partial charge in [-0.2, -0.15) is 0 Å². The van der Waals surface area contributed by atoms with Gasteiger partial charge in [0.25, 0.3) is 0 Å². The summed E-state index contributed by atoms with van der Waals surface area (Å²) in [6.45, 7) is 6.29. The first-order valence-electron chi connectivity index (χ1n) is 3.96. The Morgan fingerprint density at radius 1 is 1.30 bits per heavy atom. The van der Waals surface area contributed by atoms with Crippen molar-refractivity contribution in [3.8, 4) is 0 Å². The number of nitrogens with two attached hydrogens (primary N) is 2. The van der Waals surface area contributed by atoms with Gasteiger partial charge in [0.05, 0.1) is 0 Å². The summed E-state index contributed by atoms with van der Waals surface area (Å²) in [5.41, 5.74) is 11.8. The van der Waals surface area contributed by atoms with Crippen LogP contribution in [0.5, 0.6) is 0 Å². The number of rotatable bonds is 0. The van der Waals surface area contributed by atoms with Crippen LogP contribution in [0, 0.1) is 5.92 Å². The zero-order valence-corrected chi connectivity index (χ0v) is 7.15. The van der Waals surface area contributed by atoms with Gasteiger partial charge in [-0.25, -0.2) is 0 Å². The van der Waals surface area contributed by atoms with Crippen LogP contribution in [-0.4, -0.2) is 11.1 Å². The number of hydrogen-bond donors (Lipinski definition) is 2. The fourth-order valence-electron chi connectivity index (χ4n) is 1.65. The van der Waals surface area contributed by atoms with Crippen molar-refractivity contribution in [2.45, 2.75) is 44.7 Å². The van der Waals surface area contributed by atoms with E-state index in [9.17, 15) is 0 Å². The molecule has 0 radical (unpaired) electrons. The Balaban J connectivity index is 2.84. The van der Waals surface area contributed by atoms with Gasteiger partial charge in [-0.3, -0.25) is 0 Å². The maximum absolute atomic E-state index is 6.07. The summed E-state index contributed by atoms with van der Waals surface area (Å²) in [6.07, 6.45) is 2.22. The van der Waals surface area contributed by atoms with Crippen molar-refractivity contribution >= 4 is 0 Å². The van der Waals surface area contributed by atoms with Crippen molar-refractivity contribution in [1.29, 1.82) is 0 Å². The van der Waals surface area contributed by atoms with Gasteiger partial charge in [0, 0.05) is 11.1 Å². The molecule has 3 unspecified atom stereocenters. The Morgan fingerprint density at radius 3 is 1.90 bits per heavy atom. The molecule has 3 atom stereocenters. The first kappa shape index (κ1) is 8.02. The van der Waals surface area contributed by atoms with E-state index in [1.54, 1.807) is 0 Å². The third-order valence-corrected chi connectivity index (χ3v) is 3.35. The van der Waals surface area contributed by atoms with Gasteiger partial charge < -0.3 is 11.5 Å². The van der Waals surface area contributed by atoms with Crippen LogP contribution in [0.3, 0.4) is 0 Å². The van der Waals surface area contributed by atoms with Crippen molar-refractivity contribution in [2.24, 2.45) is 17.4 Å². The molecule has 0 aliphatic heterocycles. The summed E-state index contributed by atoms with van der Waals surface area (Å²) in [6, 6.07) is 0. The van der Waals surface area contributed by atoms with Crippen LogP contribution < -0.4 is 11.5 Å². The van der Waals surface area contributed by atoms with Crippen LogP contribution in [0.1, 0.15) is 33.6 Å². The van der Waals surface area contributed by atoms with E-state index in [0.717, 1.165) is 6.42 Å². The van der Waals surface area contributed by atoms with Crippen molar-refractivity contribution < 1.29 is 0 Å². The highest BCUT2D eigenvalue weighted by molar-refractivity contribution is 5.09. The quantitative estimate of drug-likeness (QED) is 0.527. The topological polar surface area (TPSA) is 52.0 Å². The average molecular weight is 142 g/mol. The first-order chi connectivity index (χ1) is 4.38. The Kier molecular flexibility index (Phi) is 1.57. The van der Waals surface area contributed by atoms with Crippen molar-refractivity contribution in [1.82, 2.24) is 0 Å². The predicted molar refractivity (Wildman–Crippen MR) is 43.6 cm³/mol. The molecular formula is C8H18N2. The maximum Gasteiger partial charge on any atom is 0.0331 e. The van der Waals surface area contributed by atoms with Gasteiger partial charge in [0.1, 0.15) is 0 Å². The third-order valence-electron chi connectivity index (χ3n) is 3.35. The summed E-state index contributed by atoms with van der Waals surface area (Å²) in [7, 11) is 0. The molecule has 1 saturated carbocycles. The molecule has 1 aliphatic rings. The normalized spacial score (nSPS) is 55.5. The monoisotopic (exact) mass is 142 g/mol. The smallest absolute Gasteiger partial charge is 0.0331 e. The molecule has 10 heavy (non-hydrogen) atoms. The molecule has 1 aliphatic carbocycles. The van der Waals surface area contributed by atoms with Crippen LogP contribution in [-0.2, 0) is 0 Å². The number of hydrogen-bond acceptors (Lipinski definition) is 2. The molecule has 1 fully saturated rings. The second-order valence-electron chi connectivity index (χ2n) is 4.14. The lowest BCUT2D eigenvalue weighted by molar-refractivity contribution is 0.259. The molecule has 1 rings (SSSR count). The Bertz CT molecular complexity index is 138. The fraction of sp³-hybridized carbons (Fsp3) is 1.00. The van der Waals surface area contributed by atoms with Crippen LogP contribution in [0.4, 0.5) is 0 Å². The van der Waals surface area contributed by atoms with Gasteiger partial charge >= 0.3 is 0 Å². The molecule has 0 aromatic carbocycles. The van der Waals surface area contributed by atoms with Crippen molar-refractivity contribution in [2.75, 3.05) is 0 Å². The molecule has 2 nitrogen and oxygen atoms in total. The Hall–Kier alpha value is -0.0800.